The second kappa shape index (κ2) is 9.46. The summed E-state index contributed by atoms with van der Waals surface area (Å²) in [7, 11) is 1.54. The Morgan fingerprint density at radius 1 is 1.03 bits per heavy atom. The van der Waals surface area contributed by atoms with Gasteiger partial charge in [-0.2, -0.15) is 0 Å². The summed E-state index contributed by atoms with van der Waals surface area (Å²) in [6, 6.07) is 11.6. The van der Waals surface area contributed by atoms with E-state index in [4.69, 9.17) is 4.74 Å². The van der Waals surface area contributed by atoms with Crippen LogP contribution in [0.25, 0.3) is 16.0 Å². The number of anilines is 1. The Morgan fingerprint density at radius 2 is 1.69 bits per heavy atom. The van der Waals surface area contributed by atoms with Gasteiger partial charge in [0, 0.05) is 17.2 Å². The highest BCUT2D eigenvalue weighted by Gasteiger charge is 2.48. The Kier molecular flexibility index (Phi) is 6.38. The number of rotatable bonds is 4. The Morgan fingerprint density at radius 3 is 2.33 bits per heavy atom. The van der Waals surface area contributed by atoms with E-state index >= 15 is 0 Å². The highest BCUT2D eigenvalue weighted by atomic mass is 32.1. The number of hydrogen-bond acceptors (Lipinski definition) is 7. The molecule has 0 aliphatic carbocycles. The molecule has 39 heavy (non-hydrogen) atoms. The summed E-state index contributed by atoms with van der Waals surface area (Å²) in [6.45, 7) is 5.93. The third kappa shape index (κ3) is 4.50. The zero-order chi connectivity index (χ0) is 28.2. The maximum atomic E-state index is 13.9. The van der Waals surface area contributed by atoms with Crippen LogP contribution in [-0.2, 0) is 15.0 Å². The van der Waals surface area contributed by atoms with Crippen molar-refractivity contribution in [1.29, 1.82) is 0 Å². The summed E-state index contributed by atoms with van der Waals surface area (Å²) in [6.07, 6.45) is 0. The molecule has 1 aliphatic heterocycles. The predicted octanol–water partition coefficient (Wildman–Crippen LogP) is 6.21. The molecule has 2 N–H and O–H groups in total. The second-order valence-electron chi connectivity index (χ2n) is 10.2. The third-order valence-electron chi connectivity index (χ3n) is 6.56. The van der Waals surface area contributed by atoms with Gasteiger partial charge < -0.3 is 14.9 Å². The van der Waals surface area contributed by atoms with Gasteiger partial charge in [0.25, 0.3) is 5.78 Å². The van der Waals surface area contributed by atoms with E-state index in [9.17, 15) is 28.6 Å². The summed E-state index contributed by atoms with van der Waals surface area (Å²) >= 11 is 0.910. The lowest BCUT2D eigenvalue weighted by Crippen LogP contribution is -2.29. The lowest BCUT2D eigenvalue weighted by molar-refractivity contribution is -0.132. The summed E-state index contributed by atoms with van der Waals surface area (Å²) in [5.41, 5.74) is 1.05. The average molecular weight is 551 g/mol. The molecule has 0 bridgehead atoms. The second-order valence-corrected chi connectivity index (χ2v) is 11.2. The van der Waals surface area contributed by atoms with Crippen LogP contribution in [-0.4, -0.2) is 34.0 Å². The van der Waals surface area contributed by atoms with E-state index in [1.807, 2.05) is 20.8 Å². The molecule has 200 valence electrons. The molecule has 0 radical (unpaired) electrons. The third-order valence-corrected chi connectivity index (χ3v) is 7.58. The molecule has 10 heteroatoms. The fourth-order valence-corrected chi connectivity index (χ4v) is 5.61. The van der Waals surface area contributed by atoms with Crippen molar-refractivity contribution in [3.63, 3.8) is 0 Å². The lowest BCUT2D eigenvalue weighted by Gasteiger charge is -2.24. The topological polar surface area (TPSA) is 100.0 Å². The van der Waals surface area contributed by atoms with Crippen LogP contribution >= 0.6 is 11.3 Å². The normalized spacial score (nSPS) is 17.3. The number of phenols is 1. The highest BCUT2D eigenvalue weighted by molar-refractivity contribution is 7.22. The maximum absolute atomic E-state index is 13.9. The number of halogens is 2. The van der Waals surface area contributed by atoms with Crippen molar-refractivity contribution in [2.24, 2.45) is 0 Å². The monoisotopic (exact) mass is 550 g/mol. The largest absolute Gasteiger partial charge is 0.508 e. The van der Waals surface area contributed by atoms with Crippen LogP contribution in [0.5, 0.6) is 11.5 Å². The number of benzene rings is 3. The van der Waals surface area contributed by atoms with E-state index in [2.05, 4.69) is 4.98 Å². The number of fused-ring (bicyclic) bond motifs is 1. The lowest BCUT2D eigenvalue weighted by atomic mass is 9.84. The first kappa shape index (κ1) is 26.3. The number of aromatic nitrogens is 1. The highest BCUT2D eigenvalue weighted by Crippen LogP contribution is 2.45. The molecule has 7 nitrogen and oxygen atoms in total. The van der Waals surface area contributed by atoms with Crippen molar-refractivity contribution in [3.05, 3.63) is 88.5 Å². The molecule has 1 unspecified atom stereocenters. The van der Waals surface area contributed by atoms with E-state index in [-0.39, 0.29) is 32.1 Å². The number of Topliss-reactive ketones (excluding diaryl/α,β-unsaturated/α-hetero) is 1. The van der Waals surface area contributed by atoms with Crippen molar-refractivity contribution in [1.82, 2.24) is 4.98 Å². The molecule has 1 amide bonds. The van der Waals surface area contributed by atoms with Gasteiger partial charge >= 0.3 is 5.91 Å². The minimum absolute atomic E-state index is 0.0272. The predicted molar refractivity (Wildman–Crippen MR) is 144 cm³/mol. The molecule has 2 heterocycles. The standard InChI is InChI=1S/C29H24F2N2O5S/c1-29(2,3)17-11-15(7-10-21(17)38-4)25(35)23-24(14-5-8-16(34)9-6-14)33(27(37)26(23)36)28-32-20-12-18(30)19(31)13-22(20)39-28/h5-13,24,34-35H,1-4H3/b25-23+. The van der Waals surface area contributed by atoms with Crippen molar-refractivity contribution >= 4 is 44.1 Å². The number of aromatic hydroxyl groups is 1. The Bertz CT molecular complexity index is 1630. The number of methoxy groups -OCH3 is 1. The van der Waals surface area contributed by atoms with Crippen LogP contribution in [0.1, 0.15) is 43.5 Å². The summed E-state index contributed by atoms with van der Waals surface area (Å²) < 4.78 is 33.5. The fourth-order valence-electron chi connectivity index (χ4n) is 4.61. The zero-order valence-corrected chi connectivity index (χ0v) is 22.3. The molecule has 5 rings (SSSR count). The minimum atomic E-state index is -1.12. The van der Waals surface area contributed by atoms with E-state index in [0.29, 0.717) is 16.9 Å². The fraction of sp³-hybridized carbons (Fsp3) is 0.207. The number of aliphatic hydroxyl groups is 1. The number of ketones is 1. The molecular formula is C29H24F2N2O5S. The van der Waals surface area contributed by atoms with E-state index in [0.717, 1.165) is 33.9 Å². The Balaban J connectivity index is 1.73. The molecule has 1 fully saturated rings. The van der Waals surface area contributed by atoms with Gasteiger partial charge in [0.05, 0.1) is 28.9 Å². The summed E-state index contributed by atoms with van der Waals surface area (Å²) in [5.74, 6) is -3.90. The number of aliphatic hydroxyl groups excluding tert-OH is 1. The molecule has 0 saturated carbocycles. The number of thiazole rings is 1. The maximum Gasteiger partial charge on any atom is 0.301 e. The van der Waals surface area contributed by atoms with Gasteiger partial charge in [0.1, 0.15) is 17.3 Å². The van der Waals surface area contributed by atoms with Crippen LogP contribution in [0, 0.1) is 11.6 Å². The molecule has 1 atom stereocenters. The van der Waals surface area contributed by atoms with Gasteiger partial charge in [0.15, 0.2) is 16.8 Å². The van der Waals surface area contributed by atoms with Crippen LogP contribution in [0.15, 0.2) is 60.2 Å². The number of hydrogen-bond donors (Lipinski definition) is 2. The number of carbonyl (C=O) groups is 2. The van der Waals surface area contributed by atoms with Crippen LogP contribution in [0.3, 0.4) is 0 Å². The van der Waals surface area contributed by atoms with Crippen molar-refractivity contribution in [2.75, 3.05) is 12.0 Å². The number of ether oxygens (including phenoxy) is 1. The summed E-state index contributed by atoms with van der Waals surface area (Å²) in [5, 5.41) is 21.4. The SMILES string of the molecule is COc1ccc(/C(O)=C2\C(=O)C(=O)N(c3nc4cc(F)c(F)cc4s3)C2c2ccc(O)cc2)cc1C(C)(C)C. The van der Waals surface area contributed by atoms with Gasteiger partial charge in [0.2, 0.25) is 0 Å². The quantitative estimate of drug-likeness (QED) is 0.178. The molecular weight excluding hydrogens is 526 g/mol. The van der Waals surface area contributed by atoms with Gasteiger partial charge in [-0.3, -0.25) is 14.5 Å². The van der Waals surface area contributed by atoms with Crippen LogP contribution < -0.4 is 9.64 Å². The Labute approximate surface area is 226 Å². The van der Waals surface area contributed by atoms with Crippen molar-refractivity contribution in [2.45, 2.75) is 32.2 Å². The number of nitrogens with zero attached hydrogens (tertiary/aromatic N) is 2. The number of carbonyl (C=O) groups excluding carboxylic acids is 2. The minimum Gasteiger partial charge on any atom is -0.508 e. The van der Waals surface area contributed by atoms with E-state index < -0.39 is 35.1 Å². The molecule has 1 aromatic heterocycles. The van der Waals surface area contributed by atoms with Crippen molar-refractivity contribution in [3.8, 4) is 11.5 Å². The first-order valence-electron chi connectivity index (χ1n) is 11.9. The van der Waals surface area contributed by atoms with Crippen molar-refractivity contribution < 1.29 is 33.3 Å². The average Bonchev–Trinajstić information content (AvgIpc) is 3.40. The molecule has 1 aliphatic rings. The van der Waals surface area contributed by atoms with Gasteiger partial charge in [-0.25, -0.2) is 13.8 Å². The van der Waals surface area contributed by atoms with Crippen LogP contribution in [0.2, 0.25) is 0 Å². The van der Waals surface area contributed by atoms with Gasteiger partial charge in [-0.1, -0.05) is 44.2 Å². The summed E-state index contributed by atoms with van der Waals surface area (Å²) in [4.78, 5) is 32.3. The van der Waals surface area contributed by atoms with E-state index in [1.54, 1.807) is 18.2 Å². The molecule has 1 saturated heterocycles. The van der Waals surface area contributed by atoms with E-state index in [1.165, 1.54) is 31.4 Å². The van der Waals surface area contributed by atoms with Crippen LogP contribution in [0.4, 0.5) is 13.9 Å². The number of amides is 1. The van der Waals surface area contributed by atoms with Gasteiger partial charge in [-0.05, 0) is 47.4 Å². The smallest absolute Gasteiger partial charge is 0.301 e. The molecule has 0 spiro atoms. The number of phenolic OH excluding ortho intramolecular Hbond substituents is 1. The molecule has 3 aromatic carbocycles. The first-order valence-corrected chi connectivity index (χ1v) is 12.8. The molecule has 4 aromatic rings. The first-order chi connectivity index (χ1) is 18.4. The van der Waals surface area contributed by atoms with Gasteiger partial charge in [-0.15, -0.1) is 0 Å². The zero-order valence-electron chi connectivity index (χ0n) is 21.5. The Hall–Kier alpha value is -4.31.